The summed E-state index contributed by atoms with van der Waals surface area (Å²) in [6.07, 6.45) is 1.51. The van der Waals surface area contributed by atoms with E-state index >= 15 is 0 Å². The number of nitrogens with zero attached hydrogens (tertiary/aromatic N) is 1. The zero-order valence-electron chi connectivity index (χ0n) is 12.1. The van der Waals surface area contributed by atoms with Crippen molar-refractivity contribution < 1.29 is 4.84 Å². The van der Waals surface area contributed by atoms with Crippen molar-refractivity contribution in [1.82, 2.24) is 5.06 Å². The van der Waals surface area contributed by atoms with Crippen LogP contribution in [0.3, 0.4) is 0 Å². The minimum absolute atomic E-state index is 0.223. The summed E-state index contributed by atoms with van der Waals surface area (Å²) in [5.41, 5.74) is 0.543. The molecule has 0 saturated carbocycles. The zero-order chi connectivity index (χ0) is 12.6. The molecule has 1 fully saturated rings. The van der Waals surface area contributed by atoms with Gasteiger partial charge < -0.3 is 0 Å². The van der Waals surface area contributed by atoms with E-state index in [0.717, 1.165) is 19.5 Å². The molecule has 0 aromatic carbocycles. The predicted octanol–water partition coefficient (Wildman–Crippen LogP) is 3.72. The van der Waals surface area contributed by atoms with Gasteiger partial charge in [-0.1, -0.05) is 48.5 Å². The fraction of sp³-hybridized carbons (Fsp3) is 1.00. The van der Waals surface area contributed by atoms with Gasteiger partial charge >= 0.3 is 0 Å². The van der Waals surface area contributed by atoms with E-state index in [9.17, 15) is 0 Å². The molecule has 1 heterocycles. The third-order valence-corrected chi connectivity index (χ3v) is 3.47. The molecule has 1 aliphatic heterocycles. The molecule has 0 spiro atoms. The standard InChI is InChI=1S/C14H29NO/c1-8-9-15-10-11(13(2,3)4)12(16-15)14(5,6)7/h11-12H,8-10H2,1-7H3. The highest BCUT2D eigenvalue weighted by molar-refractivity contribution is 4.92. The average molecular weight is 227 g/mol. The van der Waals surface area contributed by atoms with E-state index in [1.54, 1.807) is 0 Å². The molecule has 0 aromatic rings. The summed E-state index contributed by atoms with van der Waals surface area (Å²) < 4.78 is 0. The van der Waals surface area contributed by atoms with Gasteiger partial charge in [0.05, 0.1) is 6.10 Å². The Bertz CT molecular complexity index is 202. The monoisotopic (exact) mass is 227 g/mol. The van der Waals surface area contributed by atoms with Crippen LogP contribution in [-0.2, 0) is 4.84 Å². The van der Waals surface area contributed by atoms with Gasteiger partial charge in [-0.05, 0) is 17.3 Å². The Labute approximate surface area is 101 Å². The van der Waals surface area contributed by atoms with Gasteiger partial charge in [0.1, 0.15) is 0 Å². The molecule has 1 aliphatic rings. The summed E-state index contributed by atoms with van der Waals surface area (Å²) in [5, 5.41) is 2.17. The van der Waals surface area contributed by atoms with E-state index in [1.807, 2.05) is 0 Å². The Morgan fingerprint density at radius 1 is 1.06 bits per heavy atom. The van der Waals surface area contributed by atoms with Crippen molar-refractivity contribution in [2.75, 3.05) is 13.1 Å². The van der Waals surface area contributed by atoms with Crippen LogP contribution >= 0.6 is 0 Å². The first-order chi connectivity index (χ1) is 7.16. The minimum atomic E-state index is 0.223. The topological polar surface area (TPSA) is 12.5 Å². The molecule has 16 heavy (non-hydrogen) atoms. The summed E-state index contributed by atoms with van der Waals surface area (Å²) in [4.78, 5) is 6.14. The molecule has 1 rings (SSSR count). The van der Waals surface area contributed by atoms with Crippen molar-refractivity contribution in [3.8, 4) is 0 Å². The van der Waals surface area contributed by atoms with Gasteiger partial charge in [0, 0.05) is 19.0 Å². The van der Waals surface area contributed by atoms with Crippen LogP contribution in [0.15, 0.2) is 0 Å². The zero-order valence-corrected chi connectivity index (χ0v) is 12.1. The highest BCUT2D eigenvalue weighted by Crippen LogP contribution is 2.42. The van der Waals surface area contributed by atoms with Crippen LogP contribution in [0.2, 0.25) is 0 Å². The van der Waals surface area contributed by atoms with Crippen LogP contribution in [0, 0.1) is 16.7 Å². The maximum absolute atomic E-state index is 6.14. The van der Waals surface area contributed by atoms with E-state index in [1.165, 1.54) is 0 Å². The molecule has 0 aliphatic carbocycles. The van der Waals surface area contributed by atoms with E-state index in [0.29, 0.717) is 17.4 Å². The second kappa shape index (κ2) is 4.66. The highest BCUT2D eigenvalue weighted by atomic mass is 16.7. The molecular weight excluding hydrogens is 198 g/mol. The van der Waals surface area contributed by atoms with Crippen LogP contribution in [-0.4, -0.2) is 24.3 Å². The summed E-state index contributed by atoms with van der Waals surface area (Å²) in [7, 11) is 0. The van der Waals surface area contributed by atoms with Gasteiger partial charge in [-0.3, -0.25) is 4.84 Å². The van der Waals surface area contributed by atoms with Crippen LogP contribution in [0.1, 0.15) is 54.9 Å². The Kier molecular flexibility index (Phi) is 4.07. The van der Waals surface area contributed by atoms with Crippen LogP contribution in [0.25, 0.3) is 0 Å². The van der Waals surface area contributed by atoms with E-state index < -0.39 is 0 Å². The quantitative estimate of drug-likeness (QED) is 0.713. The first-order valence-electron chi connectivity index (χ1n) is 6.58. The molecule has 0 radical (unpaired) electrons. The molecule has 2 nitrogen and oxygen atoms in total. The normalized spacial score (nSPS) is 28.7. The molecule has 0 bridgehead atoms. The number of hydroxylamine groups is 2. The molecule has 96 valence electrons. The molecule has 0 N–H and O–H groups in total. The lowest BCUT2D eigenvalue weighted by Crippen LogP contribution is -2.38. The van der Waals surface area contributed by atoms with E-state index in [2.05, 4.69) is 53.5 Å². The maximum atomic E-state index is 6.14. The second-order valence-electron chi connectivity index (χ2n) is 7.25. The van der Waals surface area contributed by atoms with Gasteiger partial charge in [0.15, 0.2) is 0 Å². The average Bonchev–Trinajstić information content (AvgIpc) is 2.47. The molecule has 2 heteroatoms. The first kappa shape index (κ1) is 14.0. The molecular formula is C14H29NO. The van der Waals surface area contributed by atoms with Crippen molar-refractivity contribution >= 4 is 0 Å². The second-order valence-corrected chi connectivity index (χ2v) is 7.25. The fourth-order valence-corrected chi connectivity index (χ4v) is 2.48. The molecule has 0 amide bonds. The lowest BCUT2D eigenvalue weighted by molar-refractivity contribution is -0.176. The van der Waals surface area contributed by atoms with E-state index in [4.69, 9.17) is 4.84 Å². The number of hydrogen-bond donors (Lipinski definition) is 0. The smallest absolute Gasteiger partial charge is 0.0887 e. The highest BCUT2D eigenvalue weighted by Gasteiger charge is 2.46. The number of rotatable bonds is 2. The largest absolute Gasteiger partial charge is 0.295 e. The lowest BCUT2D eigenvalue weighted by Gasteiger charge is -2.36. The summed E-state index contributed by atoms with van der Waals surface area (Å²) >= 11 is 0. The predicted molar refractivity (Wildman–Crippen MR) is 69.1 cm³/mol. The van der Waals surface area contributed by atoms with Gasteiger partial charge in [-0.25, -0.2) is 0 Å². The van der Waals surface area contributed by atoms with Gasteiger partial charge in [0.2, 0.25) is 0 Å². The third-order valence-electron chi connectivity index (χ3n) is 3.47. The molecule has 2 atom stereocenters. The molecule has 2 unspecified atom stereocenters. The first-order valence-corrected chi connectivity index (χ1v) is 6.58. The number of hydrogen-bond acceptors (Lipinski definition) is 2. The molecule has 1 saturated heterocycles. The summed E-state index contributed by atoms with van der Waals surface area (Å²) in [6, 6.07) is 0. The Morgan fingerprint density at radius 2 is 1.62 bits per heavy atom. The fourth-order valence-electron chi connectivity index (χ4n) is 2.48. The van der Waals surface area contributed by atoms with Crippen LogP contribution in [0.5, 0.6) is 0 Å². The minimum Gasteiger partial charge on any atom is -0.295 e. The maximum Gasteiger partial charge on any atom is 0.0887 e. The third kappa shape index (κ3) is 3.21. The van der Waals surface area contributed by atoms with Crippen LogP contribution in [0.4, 0.5) is 0 Å². The van der Waals surface area contributed by atoms with Crippen molar-refractivity contribution in [1.29, 1.82) is 0 Å². The van der Waals surface area contributed by atoms with Gasteiger partial charge in [-0.2, -0.15) is 5.06 Å². The van der Waals surface area contributed by atoms with Crippen molar-refractivity contribution in [2.24, 2.45) is 16.7 Å². The van der Waals surface area contributed by atoms with Gasteiger partial charge in [0.25, 0.3) is 0 Å². The summed E-state index contributed by atoms with van der Waals surface area (Å²) in [5.74, 6) is 0.624. The Balaban J connectivity index is 2.80. The Hall–Kier alpha value is -0.0800. The lowest BCUT2D eigenvalue weighted by atomic mass is 9.70. The van der Waals surface area contributed by atoms with Crippen molar-refractivity contribution in [3.05, 3.63) is 0 Å². The van der Waals surface area contributed by atoms with E-state index in [-0.39, 0.29) is 5.41 Å². The van der Waals surface area contributed by atoms with Gasteiger partial charge in [-0.15, -0.1) is 0 Å². The van der Waals surface area contributed by atoms with Crippen molar-refractivity contribution in [2.45, 2.75) is 61.0 Å². The SMILES string of the molecule is CCCN1CC(C(C)(C)C)C(C(C)(C)C)O1. The van der Waals surface area contributed by atoms with Crippen LogP contribution < -0.4 is 0 Å². The Morgan fingerprint density at radius 3 is 1.94 bits per heavy atom. The summed E-state index contributed by atoms with van der Waals surface area (Å²) in [6.45, 7) is 18.2. The van der Waals surface area contributed by atoms with Crippen molar-refractivity contribution in [3.63, 3.8) is 0 Å². The molecule has 0 aromatic heterocycles.